The molecule has 0 aliphatic heterocycles. The molecule has 4 rings (SSSR count). The number of rotatable bonds is 9. The third-order valence-electron chi connectivity index (χ3n) is 4.61. The molecule has 8 nitrogen and oxygen atoms in total. The van der Waals surface area contributed by atoms with Crippen LogP contribution in [0.15, 0.2) is 54.9 Å². The van der Waals surface area contributed by atoms with Crippen molar-refractivity contribution in [2.45, 2.75) is 12.6 Å². The highest BCUT2D eigenvalue weighted by Gasteiger charge is 2.11. The van der Waals surface area contributed by atoms with Crippen LogP contribution in [0.25, 0.3) is 10.3 Å². The molecule has 4 aromatic rings. The molecule has 0 saturated heterocycles. The van der Waals surface area contributed by atoms with E-state index in [1.165, 1.54) is 17.7 Å². The van der Waals surface area contributed by atoms with Crippen molar-refractivity contribution in [3.63, 3.8) is 0 Å². The lowest BCUT2D eigenvalue weighted by Gasteiger charge is -2.09. The summed E-state index contributed by atoms with van der Waals surface area (Å²) in [6, 6.07) is 15.5. The van der Waals surface area contributed by atoms with Gasteiger partial charge in [0.05, 0.1) is 12.7 Å². The van der Waals surface area contributed by atoms with Gasteiger partial charge in [-0.2, -0.15) is 4.98 Å². The van der Waals surface area contributed by atoms with Crippen LogP contribution in [0.5, 0.6) is 0 Å². The second-order valence-corrected chi connectivity index (χ2v) is 8.03. The van der Waals surface area contributed by atoms with Gasteiger partial charge in [0, 0.05) is 30.0 Å². The van der Waals surface area contributed by atoms with Crippen molar-refractivity contribution in [1.29, 1.82) is 0 Å². The summed E-state index contributed by atoms with van der Waals surface area (Å²) >= 11 is 1.46. The number of aliphatic hydroxyl groups is 2. The molecule has 0 radical (unpaired) electrons. The number of aliphatic hydroxyl groups excluding tert-OH is 2. The molecule has 0 amide bonds. The van der Waals surface area contributed by atoms with Gasteiger partial charge in [-0.3, -0.25) is 0 Å². The summed E-state index contributed by atoms with van der Waals surface area (Å²) in [4.78, 5) is 13.2. The molecular formula is C23H22N6O2S. The van der Waals surface area contributed by atoms with E-state index < -0.39 is 6.10 Å². The summed E-state index contributed by atoms with van der Waals surface area (Å²) in [7, 11) is 0. The van der Waals surface area contributed by atoms with E-state index in [2.05, 4.69) is 36.8 Å². The lowest BCUT2D eigenvalue weighted by molar-refractivity contribution is 0.0942. The van der Waals surface area contributed by atoms with Crippen molar-refractivity contribution in [1.82, 2.24) is 20.3 Å². The fourth-order valence-corrected chi connectivity index (χ4v) is 3.88. The third kappa shape index (κ3) is 5.38. The first-order valence-corrected chi connectivity index (χ1v) is 10.8. The van der Waals surface area contributed by atoms with Crippen molar-refractivity contribution in [3.8, 4) is 12.3 Å². The maximum absolute atomic E-state index is 9.38. The zero-order valence-electron chi connectivity index (χ0n) is 17.1. The van der Waals surface area contributed by atoms with Crippen LogP contribution in [-0.4, -0.2) is 44.4 Å². The van der Waals surface area contributed by atoms with E-state index in [4.69, 9.17) is 11.5 Å². The molecule has 0 bridgehead atoms. The molecule has 162 valence electrons. The maximum atomic E-state index is 9.38. The summed E-state index contributed by atoms with van der Waals surface area (Å²) in [5, 5.41) is 28.6. The molecule has 9 heteroatoms. The number of aromatic nitrogens is 3. The predicted octanol–water partition coefficient (Wildman–Crippen LogP) is 3.00. The van der Waals surface area contributed by atoms with Gasteiger partial charge in [0.15, 0.2) is 16.6 Å². The Morgan fingerprint density at radius 1 is 1.06 bits per heavy atom. The van der Waals surface area contributed by atoms with Crippen LogP contribution in [0.1, 0.15) is 11.1 Å². The molecule has 0 aliphatic carbocycles. The van der Waals surface area contributed by atoms with Gasteiger partial charge in [-0.1, -0.05) is 35.5 Å². The van der Waals surface area contributed by atoms with Crippen LogP contribution in [0, 0.1) is 12.3 Å². The molecule has 2 aromatic heterocycles. The van der Waals surface area contributed by atoms with Crippen molar-refractivity contribution < 1.29 is 10.2 Å². The van der Waals surface area contributed by atoms with Crippen LogP contribution in [0.2, 0.25) is 0 Å². The smallest absolute Gasteiger partial charge is 0.189 e. The highest BCUT2D eigenvalue weighted by molar-refractivity contribution is 7.22. The molecule has 32 heavy (non-hydrogen) atoms. The highest BCUT2D eigenvalue weighted by Crippen LogP contribution is 2.32. The van der Waals surface area contributed by atoms with E-state index in [0.717, 1.165) is 27.2 Å². The normalized spacial score (nSPS) is 11.8. The topological polar surface area (TPSA) is 115 Å². The van der Waals surface area contributed by atoms with Crippen LogP contribution in [0.4, 0.5) is 22.3 Å². The maximum Gasteiger partial charge on any atom is 0.189 e. The predicted molar refractivity (Wildman–Crippen MR) is 127 cm³/mol. The van der Waals surface area contributed by atoms with E-state index in [0.29, 0.717) is 29.7 Å². The minimum Gasteiger partial charge on any atom is -0.394 e. The fourth-order valence-electron chi connectivity index (χ4n) is 3.00. The second kappa shape index (κ2) is 10.2. The van der Waals surface area contributed by atoms with Crippen LogP contribution in [0.3, 0.4) is 0 Å². The lowest BCUT2D eigenvalue weighted by Crippen LogP contribution is -2.28. The molecule has 2 aromatic carbocycles. The second-order valence-electron chi connectivity index (χ2n) is 7.03. The molecule has 0 spiro atoms. The summed E-state index contributed by atoms with van der Waals surface area (Å²) in [5.74, 6) is 3.29. The van der Waals surface area contributed by atoms with Crippen LogP contribution < -0.4 is 16.0 Å². The van der Waals surface area contributed by atoms with E-state index in [1.54, 1.807) is 0 Å². The van der Waals surface area contributed by atoms with Gasteiger partial charge in [-0.15, -0.1) is 6.42 Å². The minimum absolute atomic E-state index is 0.253. The zero-order chi connectivity index (χ0) is 22.3. The van der Waals surface area contributed by atoms with Crippen molar-refractivity contribution >= 4 is 44.0 Å². The fraction of sp³-hybridized carbons (Fsp3) is 0.174. The largest absolute Gasteiger partial charge is 0.394 e. The van der Waals surface area contributed by atoms with Gasteiger partial charge in [0.25, 0.3) is 0 Å². The summed E-state index contributed by atoms with van der Waals surface area (Å²) in [5.41, 5.74) is 4.20. The molecule has 1 unspecified atom stereocenters. The average Bonchev–Trinajstić information content (AvgIpc) is 3.23. The Kier molecular flexibility index (Phi) is 6.89. The minimum atomic E-state index is -0.751. The van der Waals surface area contributed by atoms with Gasteiger partial charge in [0.2, 0.25) is 0 Å². The Bertz CT molecular complexity index is 1240. The first-order chi connectivity index (χ1) is 15.6. The van der Waals surface area contributed by atoms with E-state index in [1.807, 2.05) is 48.5 Å². The van der Waals surface area contributed by atoms with Gasteiger partial charge in [-0.05, 0) is 35.9 Å². The molecule has 1 atom stereocenters. The quantitative estimate of drug-likeness (QED) is 0.249. The van der Waals surface area contributed by atoms with E-state index >= 15 is 0 Å². The standard InChI is InChI=1S/C23H22N6O2S/c1-2-15-4-3-5-18(10-15)27-21-20-22(26-14-25-21)29-23(32-20)28-17-8-6-16(7-9-17)11-24-12-19(31)13-30/h1,3-10,14,19,24,30-31H,11-13H2,(H2,25,26,27,28,29). The Hall–Kier alpha value is -3.55. The Morgan fingerprint density at radius 3 is 2.69 bits per heavy atom. The van der Waals surface area contributed by atoms with Gasteiger partial charge in [0.1, 0.15) is 11.0 Å². The highest BCUT2D eigenvalue weighted by atomic mass is 32.1. The Labute approximate surface area is 189 Å². The lowest BCUT2D eigenvalue weighted by atomic mass is 10.2. The van der Waals surface area contributed by atoms with Crippen LogP contribution >= 0.6 is 11.3 Å². The number of anilines is 4. The SMILES string of the molecule is C#Cc1cccc(Nc2ncnc3nc(Nc4ccc(CNCC(O)CO)cc4)sc23)c1. The monoisotopic (exact) mass is 446 g/mol. The Morgan fingerprint density at radius 2 is 1.91 bits per heavy atom. The summed E-state index contributed by atoms with van der Waals surface area (Å²) in [6.45, 7) is 0.688. The van der Waals surface area contributed by atoms with Crippen molar-refractivity contribution in [2.24, 2.45) is 0 Å². The van der Waals surface area contributed by atoms with Crippen molar-refractivity contribution in [2.75, 3.05) is 23.8 Å². The summed E-state index contributed by atoms with van der Waals surface area (Å²) in [6.07, 6.45) is 6.22. The number of nitrogens with one attached hydrogen (secondary N) is 3. The molecule has 0 fully saturated rings. The number of nitrogens with zero attached hydrogens (tertiary/aromatic N) is 3. The number of benzene rings is 2. The van der Waals surface area contributed by atoms with E-state index in [-0.39, 0.29) is 6.61 Å². The van der Waals surface area contributed by atoms with Gasteiger partial charge in [-0.25, -0.2) is 9.97 Å². The first-order valence-electron chi connectivity index (χ1n) is 9.95. The van der Waals surface area contributed by atoms with Gasteiger partial charge < -0.3 is 26.2 Å². The number of thiazole rings is 1. The Balaban J connectivity index is 1.45. The number of fused-ring (bicyclic) bond motifs is 1. The third-order valence-corrected chi connectivity index (χ3v) is 5.57. The van der Waals surface area contributed by atoms with Gasteiger partial charge >= 0.3 is 0 Å². The van der Waals surface area contributed by atoms with E-state index in [9.17, 15) is 5.11 Å². The van der Waals surface area contributed by atoms with Crippen molar-refractivity contribution in [3.05, 3.63) is 66.0 Å². The molecule has 0 aliphatic rings. The number of hydrogen-bond acceptors (Lipinski definition) is 9. The number of terminal acetylenes is 1. The average molecular weight is 447 g/mol. The molecule has 5 N–H and O–H groups in total. The molecular weight excluding hydrogens is 424 g/mol. The van der Waals surface area contributed by atoms with Crippen LogP contribution in [-0.2, 0) is 6.54 Å². The zero-order valence-corrected chi connectivity index (χ0v) is 17.9. The summed E-state index contributed by atoms with van der Waals surface area (Å²) < 4.78 is 0.837. The molecule has 0 saturated carbocycles. The first kappa shape index (κ1) is 21.7. The molecule has 2 heterocycles. The number of hydrogen-bond donors (Lipinski definition) is 5.